The molecule has 0 aromatic rings. The van der Waals surface area contributed by atoms with Gasteiger partial charge in [0.1, 0.15) is 0 Å². The van der Waals surface area contributed by atoms with Gasteiger partial charge in [-0.2, -0.15) is 0 Å². The average molecular weight is 262 g/mol. The van der Waals surface area contributed by atoms with E-state index in [9.17, 15) is 9.90 Å². The molecule has 0 radical (unpaired) electrons. The number of aliphatic hydroxyl groups excluding tert-OH is 1. The molecule has 0 aromatic carbocycles. The summed E-state index contributed by atoms with van der Waals surface area (Å²) in [7, 11) is -1.20. The maximum absolute atomic E-state index is 11.3. The summed E-state index contributed by atoms with van der Waals surface area (Å²) in [6.45, 7) is 12.8. The van der Waals surface area contributed by atoms with Gasteiger partial charge in [-0.25, -0.2) is 4.79 Å². The van der Waals surface area contributed by atoms with Crippen LogP contribution < -0.4 is 0 Å². The normalized spacial score (nSPS) is 17.6. The summed E-state index contributed by atoms with van der Waals surface area (Å²) < 4.78 is 10.7. The third-order valence-electron chi connectivity index (χ3n) is 1.73. The monoisotopic (exact) mass is 262 g/mol. The molecule has 4 nitrogen and oxygen atoms in total. The molecule has 0 aromatic heterocycles. The highest BCUT2D eigenvalue weighted by Gasteiger charge is 2.36. The SMILES string of the molecule is C=C(C)C(=O)OC(O)C(C)([SiH3])O[Si](C)(C)C. The summed E-state index contributed by atoms with van der Waals surface area (Å²) in [5.41, 5.74) is 0.268. The summed E-state index contributed by atoms with van der Waals surface area (Å²) in [5, 5.41) is 9.04. The van der Waals surface area contributed by atoms with E-state index >= 15 is 0 Å². The first-order valence-electron chi connectivity index (χ1n) is 5.20. The van der Waals surface area contributed by atoms with Crippen LogP contribution in [0.25, 0.3) is 0 Å². The van der Waals surface area contributed by atoms with Crippen molar-refractivity contribution in [3.63, 3.8) is 0 Å². The summed E-state index contributed by atoms with van der Waals surface area (Å²) in [4.78, 5) is 11.3. The number of aliphatic hydroxyl groups is 1. The van der Waals surface area contributed by atoms with Gasteiger partial charge in [0.2, 0.25) is 6.29 Å². The van der Waals surface area contributed by atoms with Gasteiger partial charge in [-0.05, 0) is 33.5 Å². The summed E-state index contributed by atoms with van der Waals surface area (Å²) in [5.74, 6) is -0.589. The molecule has 0 aliphatic heterocycles. The largest absolute Gasteiger partial charge is 0.430 e. The Morgan fingerprint density at radius 2 is 1.94 bits per heavy atom. The number of carbonyl (C=O) groups is 1. The fourth-order valence-electron chi connectivity index (χ4n) is 1.18. The number of rotatable bonds is 5. The smallest absolute Gasteiger partial charge is 0.335 e. The Hall–Kier alpha value is -0.436. The molecule has 0 saturated heterocycles. The zero-order valence-corrected chi connectivity index (χ0v) is 14.0. The van der Waals surface area contributed by atoms with Crippen LogP contribution in [-0.4, -0.2) is 41.2 Å². The van der Waals surface area contributed by atoms with E-state index in [-0.39, 0.29) is 5.57 Å². The molecule has 0 spiro atoms. The summed E-state index contributed by atoms with van der Waals surface area (Å²) in [6, 6.07) is 0. The highest BCUT2D eigenvalue weighted by atomic mass is 28.4. The van der Waals surface area contributed by atoms with Crippen molar-refractivity contribution in [3.8, 4) is 0 Å². The van der Waals surface area contributed by atoms with Gasteiger partial charge in [-0.3, -0.25) is 0 Å². The lowest BCUT2D eigenvalue weighted by Crippen LogP contribution is -2.51. The molecule has 0 aliphatic rings. The van der Waals surface area contributed by atoms with Crippen LogP contribution in [0, 0.1) is 0 Å². The fourth-order valence-corrected chi connectivity index (χ4v) is 4.82. The molecular weight excluding hydrogens is 240 g/mol. The van der Waals surface area contributed by atoms with Crippen LogP contribution in [0.1, 0.15) is 13.8 Å². The Labute approximate surface area is 101 Å². The minimum absolute atomic E-state index is 0.268. The lowest BCUT2D eigenvalue weighted by Gasteiger charge is -2.36. The van der Waals surface area contributed by atoms with Crippen LogP contribution in [0.5, 0.6) is 0 Å². The minimum Gasteiger partial charge on any atom is -0.430 e. The first kappa shape index (κ1) is 15.6. The van der Waals surface area contributed by atoms with E-state index in [1.807, 2.05) is 19.6 Å². The van der Waals surface area contributed by atoms with E-state index in [1.54, 1.807) is 13.8 Å². The number of esters is 1. The predicted molar refractivity (Wildman–Crippen MR) is 69.7 cm³/mol. The molecule has 2 unspecified atom stereocenters. The van der Waals surface area contributed by atoms with E-state index < -0.39 is 25.8 Å². The molecule has 0 amide bonds. The van der Waals surface area contributed by atoms with Gasteiger partial charge in [0.15, 0.2) is 8.32 Å². The molecule has 0 rings (SSSR count). The third-order valence-corrected chi connectivity index (χ3v) is 3.98. The van der Waals surface area contributed by atoms with Crippen molar-refractivity contribution in [2.75, 3.05) is 0 Å². The van der Waals surface area contributed by atoms with Gasteiger partial charge in [0.25, 0.3) is 0 Å². The maximum Gasteiger partial charge on any atom is 0.335 e. The van der Waals surface area contributed by atoms with Crippen LogP contribution in [0.15, 0.2) is 12.2 Å². The van der Waals surface area contributed by atoms with Crippen molar-refractivity contribution in [3.05, 3.63) is 12.2 Å². The third kappa shape index (κ3) is 5.59. The van der Waals surface area contributed by atoms with E-state index in [4.69, 9.17) is 9.16 Å². The van der Waals surface area contributed by atoms with Crippen molar-refractivity contribution in [2.45, 2.75) is 45.0 Å². The first-order chi connectivity index (χ1) is 6.96. The second-order valence-corrected chi connectivity index (χ2v) is 11.8. The van der Waals surface area contributed by atoms with Gasteiger partial charge < -0.3 is 14.3 Å². The highest BCUT2D eigenvalue weighted by Crippen LogP contribution is 2.19. The molecule has 0 bridgehead atoms. The van der Waals surface area contributed by atoms with Crippen LogP contribution in [0.2, 0.25) is 19.6 Å². The Bertz CT molecular complexity index is 281. The first-order valence-corrected chi connectivity index (χ1v) is 9.61. The topological polar surface area (TPSA) is 55.8 Å². The van der Waals surface area contributed by atoms with Crippen molar-refractivity contribution >= 4 is 24.5 Å². The van der Waals surface area contributed by atoms with Gasteiger partial charge in [-0.1, -0.05) is 6.58 Å². The maximum atomic E-state index is 11.3. The summed E-state index contributed by atoms with van der Waals surface area (Å²) >= 11 is 0. The molecule has 6 heteroatoms. The van der Waals surface area contributed by atoms with Crippen LogP contribution in [0.3, 0.4) is 0 Å². The number of hydrogen-bond donors (Lipinski definition) is 1. The Kier molecular flexibility index (Phi) is 5.12. The van der Waals surface area contributed by atoms with Crippen molar-refractivity contribution in [1.82, 2.24) is 0 Å². The van der Waals surface area contributed by atoms with Gasteiger partial charge >= 0.3 is 5.97 Å². The van der Waals surface area contributed by atoms with Gasteiger partial charge in [0, 0.05) is 15.8 Å². The van der Waals surface area contributed by atoms with E-state index in [0.717, 1.165) is 0 Å². The quantitative estimate of drug-likeness (QED) is 0.336. The van der Waals surface area contributed by atoms with Gasteiger partial charge in [-0.15, -0.1) is 0 Å². The van der Waals surface area contributed by atoms with Crippen LogP contribution in [0.4, 0.5) is 0 Å². The number of hydrogen-bond acceptors (Lipinski definition) is 4. The number of ether oxygens (including phenoxy) is 1. The van der Waals surface area contributed by atoms with Crippen LogP contribution in [-0.2, 0) is 14.0 Å². The van der Waals surface area contributed by atoms with Crippen molar-refractivity contribution < 1.29 is 19.1 Å². The average Bonchev–Trinajstić information content (AvgIpc) is 1.98. The standard InChI is InChI=1S/C10H22O4Si2/c1-7(2)8(11)13-9(12)10(3,15)14-16(4,5)6/h9,12H,1H2,2-6,15H3. The predicted octanol–water partition coefficient (Wildman–Crippen LogP) is 0.357. The van der Waals surface area contributed by atoms with Gasteiger partial charge in [0.05, 0.1) is 5.22 Å². The Morgan fingerprint density at radius 3 is 2.25 bits per heavy atom. The second-order valence-electron chi connectivity index (χ2n) is 5.36. The highest BCUT2D eigenvalue weighted by molar-refractivity contribution is 6.70. The molecule has 1 N–H and O–H groups in total. The zero-order chi connectivity index (χ0) is 13.1. The second kappa shape index (κ2) is 5.26. The number of carbonyl (C=O) groups excluding carboxylic acids is 1. The molecule has 94 valence electrons. The molecular formula is C10H22O4Si2. The molecule has 0 aliphatic carbocycles. The lowest BCUT2D eigenvalue weighted by molar-refractivity contribution is -0.185. The summed E-state index contributed by atoms with van der Waals surface area (Å²) in [6.07, 6.45) is -1.23. The Balaban J connectivity index is 4.52. The van der Waals surface area contributed by atoms with E-state index in [0.29, 0.717) is 10.2 Å². The molecule has 16 heavy (non-hydrogen) atoms. The minimum atomic E-state index is -1.77. The lowest BCUT2D eigenvalue weighted by atomic mass is 10.3. The Morgan fingerprint density at radius 1 is 1.50 bits per heavy atom. The molecule has 0 fully saturated rings. The molecule has 0 heterocycles. The zero-order valence-electron chi connectivity index (χ0n) is 11.0. The van der Waals surface area contributed by atoms with E-state index in [1.165, 1.54) is 0 Å². The fraction of sp³-hybridized carbons (Fsp3) is 0.700. The molecule has 2 atom stereocenters. The molecule has 0 saturated carbocycles. The van der Waals surface area contributed by atoms with Crippen LogP contribution >= 0.6 is 0 Å². The van der Waals surface area contributed by atoms with E-state index in [2.05, 4.69) is 6.58 Å². The van der Waals surface area contributed by atoms with Crippen molar-refractivity contribution in [1.29, 1.82) is 0 Å². The van der Waals surface area contributed by atoms with Crippen molar-refractivity contribution in [2.24, 2.45) is 0 Å².